The fraction of sp³-hybridized carbons (Fsp3) is 0.333. The highest BCUT2D eigenvalue weighted by atomic mass is 32.1. The number of rotatable bonds is 6. The minimum atomic E-state index is -0.948. The molecular formula is C15H18N4O2S. The van der Waals surface area contributed by atoms with Gasteiger partial charge in [0.2, 0.25) is 4.77 Å². The molecule has 0 aliphatic carbocycles. The minimum absolute atomic E-state index is 0.245. The molecule has 0 unspecified atom stereocenters. The van der Waals surface area contributed by atoms with Crippen LogP contribution in [0.15, 0.2) is 29.4 Å². The second-order valence-electron chi connectivity index (χ2n) is 4.88. The summed E-state index contributed by atoms with van der Waals surface area (Å²) < 4.78 is 2.07. The Labute approximate surface area is 133 Å². The van der Waals surface area contributed by atoms with Crippen LogP contribution in [-0.4, -0.2) is 32.2 Å². The molecule has 2 N–H and O–H groups in total. The first-order chi connectivity index (χ1) is 10.6. The predicted molar refractivity (Wildman–Crippen MR) is 87.1 cm³/mol. The first-order valence-corrected chi connectivity index (χ1v) is 7.52. The van der Waals surface area contributed by atoms with Gasteiger partial charge in [-0.3, -0.25) is 5.10 Å². The van der Waals surface area contributed by atoms with Crippen LogP contribution in [0.1, 0.15) is 54.4 Å². The van der Waals surface area contributed by atoms with E-state index in [4.69, 9.17) is 17.3 Å². The highest BCUT2D eigenvalue weighted by Crippen LogP contribution is 2.20. The van der Waals surface area contributed by atoms with Crippen molar-refractivity contribution in [2.75, 3.05) is 0 Å². The molecule has 2 aromatic rings. The smallest absolute Gasteiger partial charge is 0.335 e. The number of nitrogens with one attached hydrogen (secondary N) is 1. The average molecular weight is 318 g/mol. The Hall–Kier alpha value is -2.28. The van der Waals surface area contributed by atoms with Crippen LogP contribution in [0.2, 0.25) is 0 Å². The van der Waals surface area contributed by atoms with Crippen molar-refractivity contribution in [2.45, 2.75) is 32.6 Å². The lowest BCUT2D eigenvalue weighted by atomic mass is 10.0. The lowest BCUT2D eigenvalue weighted by molar-refractivity contribution is 0.0697. The van der Waals surface area contributed by atoms with Crippen molar-refractivity contribution < 1.29 is 9.90 Å². The molecule has 0 saturated carbocycles. The van der Waals surface area contributed by atoms with Crippen molar-refractivity contribution in [1.82, 2.24) is 14.9 Å². The van der Waals surface area contributed by atoms with Gasteiger partial charge in [0.25, 0.3) is 0 Å². The molecule has 1 heterocycles. The molecule has 22 heavy (non-hydrogen) atoms. The van der Waals surface area contributed by atoms with Crippen molar-refractivity contribution in [2.24, 2.45) is 5.10 Å². The van der Waals surface area contributed by atoms with Crippen molar-refractivity contribution in [3.05, 3.63) is 46.0 Å². The maximum absolute atomic E-state index is 10.8. The lowest BCUT2D eigenvalue weighted by Gasteiger charge is -2.10. The molecule has 6 nitrogen and oxygen atoms in total. The van der Waals surface area contributed by atoms with E-state index in [1.54, 1.807) is 35.2 Å². The summed E-state index contributed by atoms with van der Waals surface area (Å²) >= 11 is 5.21. The van der Waals surface area contributed by atoms with Crippen LogP contribution in [0, 0.1) is 4.77 Å². The molecule has 7 heteroatoms. The van der Waals surface area contributed by atoms with Crippen molar-refractivity contribution in [3.63, 3.8) is 0 Å². The minimum Gasteiger partial charge on any atom is -0.478 e. The third-order valence-electron chi connectivity index (χ3n) is 3.51. The van der Waals surface area contributed by atoms with E-state index in [1.807, 2.05) is 0 Å². The molecule has 1 aromatic carbocycles. The maximum atomic E-state index is 10.8. The number of aromatic amines is 1. The maximum Gasteiger partial charge on any atom is 0.335 e. The molecular weight excluding hydrogens is 300 g/mol. The standard InChI is InChI=1S/C15H18N4O2S/c1-3-11(4-2)13-17-18-15(22)19(13)16-9-10-5-7-12(8-6-10)14(20)21/h5-9,11H,3-4H2,1-2H3,(H,18,22)(H,20,21)/b16-9-. The number of aromatic nitrogens is 3. The number of nitrogens with zero attached hydrogens (tertiary/aromatic N) is 3. The van der Waals surface area contributed by atoms with Crippen molar-refractivity contribution >= 4 is 24.4 Å². The highest BCUT2D eigenvalue weighted by Gasteiger charge is 2.14. The Morgan fingerprint density at radius 2 is 2.05 bits per heavy atom. The van der Waals surface area contributed by atoms with E-state index in [-0.39, 0.29) is 5.56 Å². The Kier molecular flexibility index (Phi) is 5.21. The van der Waals surface area contributed by atoms with Crippen LogP contribution < -0.4 is 0 Å². The Morgan fingerprint density at radius 1 is 1.41 bits per heavy atom. The number of hydrogen-bond donors (Lipinski definition) is 2. The number of carboxylic acids is 1. The van der Waals surface area contributed by atoms with Crippen LogP contribution >= 0.6 is 12.2 Å². The number of carboxylic acid groups (broad SMARTS) is 1. The van der Waals surface area contributed by atoms with Gasteiger partial charge < -0.3 is 5.11 Å². The number of benzene rings is 1. The van der Waals surface area contributed by atoms with Crippen LogP contribution in [0.25, 0.3) is 0 Å². The molecule has 0 bridgehead atoms. The normalized spacial score (nSPS) is 11.4. The third-order valence-corrected chi connectivity index (χ3v) is 3.77. The topological polar surface area (TPSA) is 83.3 Å². The predicted octanol–water partition coefficient (Wildman–Crippen LogP) is 3.42. The van der Waals surface area contributed by atoms with E-state index < -0.39 is 5.97 Å². The summed E-state index contributed by atoms with van der Waals surface area (Å²) in [5.74, 6) is 0.157. The largest absolute Gasteiger partial charge is 0.478 e. The Bertz CT molecular complexity index is 727. The summed E-state index contributed by atoms with van der Waals surface area (Å²) in [6, 6.07) is 6.49. The van der Waals surface area contributed by atoms with Crippen LogP contribution in [-0.2, 0) is 0 Å². The Balaban J connectivity index is 2.28. The van der Waals surface area contributed by atoms with Gasteiger partial charge in [-0.1, -0.05) is 26.0 Å². The van der Waals surface area contributed by atoms with E-state index in [0.717, 1.165) is 24.2 Å². The van der Waals surface area contributed by atoms with Gasteiger partial charge in [-0.25, -0.2) is 4.79 Å². The van der Waals surface area contributed by atoms with Crippen LogP contribution in [0.3, 0.4) is 0 Å². The SMILES string of the molecule is CCC(CC)c1n[nH]c(=S)n1/N=C\c1ccc(C(=O)O)cc1. The molecule has 0 spiro atoms. The second kappa shape index (κ2) is 7.13. The molecule has 116 valence electrons. The Morgan fingerprint density at radius 3 is 2.59 bits per heavy atom. The molecule has 0 fully saturated rings. The van der Waals surface area contributed by atoms with E-state index in [9.17, 15) is 4.79 Å². The van der Waals surface area contributed by atoms with Gasteiger partial charge in [0, 0.05) is 5.92 Å². The second-order valence-corrected chi connectivity index (χ2v) is 5.27. The summed E-state index contributed by atoms with van der Waals surface area (Å²) in [4.78, 5) is 10.8. The van der Waals surface area contributed by atoms with Crippen molar-refractivity contribution in [1.29, 1.82) is 0 Å². The summed E-state index contributed by atoms with van der Waals surface area (Å²) in [7, 11) is 0. The average Bonchev–Trinajstić information content (AvgIpc) is 2.88. The molecule has 0 aliphatic heterocycles. The van der Waals surface area contributed by atoms with Crippen LogP contribution in [0.5, 0.6) is 0 Å². The van der Waals surface area contributed by atoms with Crippen molar-refractivity contribution in [3.8, 4) is 0 Å². The molecule has 0 radical (unpaired) electrons. The monoisotopic (exact) mass is 318 g/mol. The summed E-state index contributed by atoms with van der Waals surface area (Å²) in [5.41, 5.74) is 1.04. The van der Waals surface area contributed by atoms with Gasteiger partial charge in [0.15, 0.2) is 5.82 Å². The summed E-state index contributed by atoms with van der Waals surface area (Å²) in [6.45, 7) is 4.20. The van der Waals surface area contributed by atoms with Gasteiger partial charge in [-0.05, 0) is 42.8 Å². The zero-order valence-corrected chi connectivity index (χ0v) is 13.3. The molecule has 2 rings (SSSR count). The zero-order chi connectivity index (χ0) is 16.1. The van der Waals surface area contributed by atoms with Gasteiger partial charge in [0.1, 0.15) is 0 Å². The summed E-state index contributed by atoms with van der Waals surface area (Å²) in [6.07, 6.45) is 3.56. The molecule has 0 amide bonds. The zero-order valence-electron chi connectivity index (χ0n) is 12.5. The van der Waals surface area contributed by atoms with Gasteiger partial charge >= 0.3 is 5.97 Å². The van der Waals surface area contributed by atoms with E-state index in [0.29, 0.717) is 10.7 Å². The number of carbonyl (C=O) groups is 1. The van der Waals surface area contributed by atoms with E-state index in [1.165, 1.54) is 0 Å². The van der Waals surface area contributed by atoms with E-state index >= 15 is 0 Å². The summed E-state index contributed by atoms with van der Waals surface area (Å²) in [5, 5.41) is 20.3. The highest BCUT2D eigenvalue weighted by molar-refractivity contribution is 7.71. The van der Waals surface area contributed by atoms with Gasteiger partial charge in [0.05, 0.1) is 11.8 Å². The number of aromatic carboxylic acids is 1. The van der Waals surface area contributed by atoms with Gasteiger partial charge in [-0.15, -0.1) is 0 Å². The third kappa shape index (κ3) is 3.48. The quantitative estimate of drug-likeness (QED) is 0.631. The molecule has 1 aromatic heterocycles. The fourth-order valence-electron chi connectivity index (χ4n) is 2.17. The first kappa shape index (κ1) is 16.1. The first-order valence-electron chi connectivity index (χ1n) is 7.11. The lowest BCUT2D eigenvalue weighted by Crippen LogP contribution is -2.05. The number of H-pyrrole nitrogens is 1. The molecule has 0 saturated heterocycles. The fourth-order valence-corrected chi connectivity index (χ4v) is 2.36. The molecule has 0 aliphatic rings. The molecule has 0 atom stereocenters. The number of hydrogen-bond acceptors (Lipinski definition) is 4. The van der Waals surface area contributed by atoms with Gasteiger partial charge in [-0.2, -0.15) is 14.9 Å². The van der Waals surface area contributed by atoms with Crippen LogP contribution in [0.4, 0.5) is 0 Å². The van der Waals surface area contributed by atoms with E-state index in [2.05, 4.69) is 29.1 Å².